The van der Waals surface area contributed by atoms with Gasteiger partial charge in [-0.2, -0.15) is 0 Å². The highest BCUT2D eigenvalue weighted by Crippen LogP contribution is 2.41. The van der Waals surface area contributed by atoms with Crippen LogP contribution in [0.3, 0.4) is 0 Å². The molecule has 0 unspecified atom stereocenters. The van der Waals surface area contributed by atoms with Crippen LogP contribution in [-0.2, 0) is 5.66 Å². The smallest absolute Gasteiger partial charge is 0.179 e. The quantitative estimate of drug-likeness (QED) is 0.201. The molecule has 0 saturated carbocycles. The van der Waals surface area contributed by atoms with Gasteiger partial charge in [-0.3, -0.25) is 4.57 Å². The number of nitrogens with zero attached hydrogens (tertiary/aromatic N) is 5. The van der Waals surface area contributed by atoms with Crippen molar-refractivity contribution in [1.82, 2.24) is 19.4 Å². The predicted octanol–water partition coefficient (Wildman–Crippen LogP) is 9.95. The molecule has 242 valence electrons. The Hall–Kier alpha value is -6.79. The van der Waals surface area contributed by atoms with Gasteiger partial charge in [0, 0.05) is 50.1 Å². The van der Waals surface area contributed by atoms with Crippen LogP contribution in [0.1, 0.15) is 23.6 Å². The number of pyridine rings is 1. The van der Waals surface area contributed by atoms with Gasteiger partial charge >= 0.3 is 0 Å². The van der Waals surface area contributed by atoms with E-state index in [-0.39, 0.29) is 0 Å². The minimum Gasteiger partial charge on any atom is -0.324 e. The first-order chi connectivity index (χ1) is 25.2. The summed E-state index contributed by atoms with van der Waals surface area (Å²) in [5, 5.41) is 8.30. The van der Waals surface area contributed by atoms with Crippen molar-refractivity contribution in [2.24, 2.45) is 9.98 Å². The number of fused-ring (bicyclic) bond motifs is 7. The molecule has 51 heavy (non-hydrogen) atoms. The minimum absolute atomic E-state index is 0.773. The molecular formula is C45H32N6. The molecule has 9 aromatic rings. The molecule has 0 spiro atoms. The lowest BCUT2D eigenvalue weighted by atomic mass is 10.0. The van der Waals surface area contributed by atoms with Gasteiger partial charge in [0.25, 0.3) is 0 Å². The number of aromatic nitrogens is 3. The fourth-order valence-electron chi connectivity index (χ4n) is 7.61. The average Bonchev–Trinajstić information content (AvgIpc) is 3.72. The molecule has 0 fully saturated rings. The summed E-state index contributed by atoms with van der Waals surface area (Å²) in [6.07, 6.45) is 1.94. The van der Waals surface area contributed by atoms with Crippen molar-refractivity contribution in [3.05, 3.63) is 187 Å². The number of hydrogen-bond acceptors (Lipinski definition) is 4. The van der Waals surface area contributed by atoms with Crippen molar-refractivity contribution in [1.29, 1.82) is 0 Å². The van der Waals surface area contributed by atoms with Crippen molar-refractivity contribution < 1.29 is 0 Å². The van der Waals surface area contributed by atoms with Gasteiger partial charge in [-0.05, 0) is 43.3 Å². The van der Waals surface area contributed by atoms with E-state index in [1.54, 1.807) is 0 Å². The summed E-state index contributed by atoms with van der Waals surface area (Å²) >= 11 is 0. The van der Waals surface area contributed by atoms with Crippen LogP contribution in [0.15, 0.2) is 180 Å². The minimum atomic E-state index is -0.902. The van der Waals surface area contributed by atoms with Crippen LogP contribution >= 0.6 is 0 Å². The van der Waals surface area contributed by atoms with Gasteiger partial charge in [0.1, 0.15) is 17.5 Å². The third-order valence-corrected chi connectivity index (χ3v) is 10.00. The molecule has 6 nitrogen and oxygen atoms in total. The van der Waals surface area contributed by atoms with Gasteiger partial charge in [-0.1, -0.05) is 127 Å². The first kappa shape index (κ1) is 29.2. The van der Waals surface area contributed by atoms with Crippen LogP contribution < -0.4 is 5.32 Å². The van der Waals surface area contributed by atoms with E-state index < -0.39 is 5.66 Å². The topological polar surface area (TPSA) is 59.5 Å². The molecule has 3 aromatic heterocycles. The molecule has 0 aliphatic carbocycles. The van der Waals surface area contributed by atoms with E-state index >= 15 is 0 Å². The molecule has 0 bridgehead atoms. The summed E-state index contributed by atoms with van der Waals surface area (Å²) in [6, 6.07) is 57.1. The van der Waals surface area contributed by atoms with E-state index in [1.165, 1.54) is 27.1 Å². The maximum Gasteiger partial charge on any atom is 0.179 e. The van der Waals surface area contributed by atoms with Crippen LogP contribution in [-0.4, -0.2) is 25.8 Å². The van der Waals surface area contributed by atoms with Crippen molar-refractivity contribution in [2.75, 3.05) is 0 Å². The molecule has 6 heteroatoms. The Morgan fingerprint density at radius 3 is 1.51 bits per heavy atom. The second-order valence-electron chi connectivity index (χ2n) is 13.1. The van der Waals surface area contributed by atoms with Gasteiger partial charge in [0.2, 0.25) is 0 Å². The van der Waals surface area contributed by atoms with Crippen LogP contribution in [0.4, 0.5) is 0 Å². The van der Waals surface area contributed by atoms with Crippen LogP contribution in [0.5, 0.6) is 0 Å². The Morgan fingerprint density at radius 1 is 0.471 bits per heavy atom. The SMILES string of the molecule is CC1(c2ccc(-n3c4ccccc4c4ccc5c6ccccc6n(-c6ccccc6)c5c43)nc2)N=C(c2ccccc2)NC(c2ccccc2)=N1. The monoisotopic (exact) mass is 656 g/mol. The van der Waals surface area contributed by atoms with Crippen LogP contribution in [0.25, 0.3) is 55.1 Å². The molecule has 0 saturated heterocycles. The van der Waals surface area contributed by atoms with Crippen molar-refractivity contribution >= 4 is 55.3 Å². The first-order valence-corrected chi connectivity index (χ1v) is 17.2. The fraction of sp³-hybridized carbons (Fsp3) is 0.0444. The predicted molar refractivity (Wildman–Crippen MR) is 209 cm³/mol. The second kappa shape index (κ2) is 11.4. The average molecular weight is 657 g/mol. The summed E-state index contributed by atoms with van der Waals surface area (Å²) in [5.74, 6) is 2.38. The summed E-state index contributed by atoms with van der Waals surface area (Å²) in [4.78, 5) is 15.6. The number of nitrogens with one attached hydrogen (secondary N) is 1. The van der Waals surface area contributed by atoms with Crippen molar-refractivity contribution in [2.45, 2.75) is 12.6 Å². The Bertz CT molecular complexity index is 2760. The molecule has 1 N–H and O–H groups in total. The van der Waals surface area contributed by atoms with Crippen molar-refractivity contribution in [3.63, 3.8) is 0 Å². The summed E-state index contributed by atoms with van der Waals surface area (Å²) in [6.45, 7) is 2.05. The number of hydrogen-bond donors (Lipinski definition) is 1. The summed E-state index contributed by atoms with van der Waals surface area (Å²) in [7, 11) is 0. The highest BCUT2D eigenvalue weighted by atomic mass is 15.2. The van der Waals surface area contributed by atoms with Crippen LogP contribution in [0.2, 0.25) is 0 Å². The molecule has 10 rings (SSSR count). The molecule has 0 radical (unpaired) electrons. The van der Waals surface area contributed by atoms with Gasteiger partial charge in [0.15, 0.2) is 5.66 Å². The molecule has 1 aliphatic heterocycles. The zero-order chi connectivity index (χ0) is 33.9. The maximum absolute atomic E-state index is 5.20. The fourth-order valence-corrected chi connectivity index (χ4v) is 7.61. The Morgan fingerprint density at radius 2 is 0.961 bits per heavy atom. The summed E-state index contributed by atoms with van der Waals surface area (Å²) < 4.78 is 4.71. The highest BCUT2D eigenvalue weighted by Gasteiger charge is 2.32. The van der Waals surface area contributed by atoms with E-state index in [0.717, 1.165) is 56.4 Å². The maximum atomic E-state index is 5.20. The van der Waals surface area contributed by atoms with Crippen LogP contribution in [0, 0.1) is 0 Å². The number of amidine groups is 2. The number of aliphatic imine (C=N–C) groups is 2. The molecule has 6 aromatic carbocycles. The molecule has 0 atom stereocenters. The number of rotatable bonds is 5. The normalized spacial score (nSPS) is 14.1. The van der Waals surface area contributed by atoms with E-state index in [9.17, 15) is 0 Å². The standard InChI is InChI=1S/C45H32N6/c1-45(48-43(30-15-5-2-6-16-30)47-44(49-45)31-17-7-3-8-18-31)32-25-28-40(46-29-32)51-39-24-14-12-22-35(39)37-27-26-36-34-21-11-13-23-38(34)50(41(36)42(37)51)33-19-9-4-10-20-33/h2-29H,1H3,(H,47,48,49). The van der Waals surface area contributed by atoms with Gasteiger partial charge in [-0.15, -0.1) is 0 Å². The van der Waals surface area contributed by atoms with E-state index in [0.29, 0.717) is 0 Å². The Labute approximate surface area is 294 Å². The molecule has 1 aliphatic rings. The lowest BCUT2D eigenvalue weighted by Crippen LogP contribution is -2.40. The lowest BCUT2D eigenvalue weighted by Gasteiger charge is -2.29. The second-order valence-corrected chi connectivity index (χ2v) is 13.1. The van der Waals surface area contributed by atoms with E-state index in [1.807, 2.05) is 42.6 Å². The zero-order valence-corrected chi connectivity index (χ0v) is 27.9. The third kappa shape index (κ3) is 4.61. The van der Waals surface area contributed by atoms with Crippen molar-refractivity contribution in [3.8, 4) is 11.5 Å². The number of benzene rings is 6. The highest BCUT2D eigenvalue weighted by molar-refractivity contribution is 6.23. The summed E-state index contributed by atoms with van der Waals surface area (Å²) in [5.41, 5.74) is 7.67. The van der Waals surface area contributed by atoms with Gasteiger partial charge in [-0.25, -0.2) is 15.0 Å². The van der Waals surface area contributed by atoms with E-state index in [2.05, 4.69) is 149 Å². The lowest BCUT2D eigenvalue weighted by molar-refractivity contribution is 0.516. The Kier molecular flexibility index (Phi) is 6.51. The van der Waals surface area contributed by atoms with E-state index in [4.69, 9.17) is 15.0 Å². The zero-order valence-electron chi connectivity index (χ0n) is 27.9. The van der Waals surface area contributed by atoms with Gasteiger partial charge < -0.3 is 9.88 Å². The molecule has 0 amide bonds. The molecule has 4 heterocycles. The largest absolute Gasteiger partial charge is 0.324 e. The molecular weight excluding hydrogens is 625 g/mol. The third-order valence-electron chi connectivity index (χ3n) is 10.00. The van der Waals surface area contributed by atoms with Gasteiger partial charge in [0.05, 0.1) is 22.1 Å². The number of para-hydroxylation sites is 3. The first-order valence-electron chi connectivity index (χ1n) is 17.2. The Balaban J connectivity index is 1.20.